The van der Waals surface area contributed by atoms with Crippen molar-refractivity contribution in [2.45, 2.75) is 70.9 Å². The van der Waals surface area contributed by atoms with Crippen LogP contribution in [0.5, 0.6) is 5.75 Å². The third kappa shape index (κ3) is 6.32. The van der Waals surface area contributed by atoms with E-state index in [2.05, 4.69) is 5.10 Å². The summed E-state index contributed by atoms with van der Waals surface area (Å²) in [7, 11) is 0. The van der Waals surface area contributed by atoms with E-state index in [1.165, 1.54) is 6.92 Å². The van der Waals surface area contributed by atoms with Crippen molar-refractivity contribution >= 4 is 23.5 Å². The molecule has 8 nitrogen and oxygen atoms in total. The fourth-order valence-electron chi connectivity index (χ4n) is 4.03. The van der Waals surface area contributed by atoms with Crippen LogP contribution in [-0.2, 0) is 9.53 Å². The molecule has 0 radical (unpaired) electrons. The van der Waals surface area contributed by atoms with Gasteiger partial charge in [0, 0.05) is 31.8 Å². The molecule has 0 aliphatic carbocycles. The summed E-state index contributed by atoms with van der Waals surface area (Å²) in [6.45, 7) is 7.76. The van der Waals surface area contributed by atoms with Crippen LogP contribution in [-0.4, -0.2) is 64.8 Å². The lowest BCUT2D eigenvalue weighted by molar-refractivity contribution is -0.137. The summed E-state index contributed by atoms with van der Waals surface area (Å²) >= 11 is 0. The number of amides is 1. The lowest BCUT2D eigenvalue weighted by atomic mass is 9.94. The van der Waals surface area contributed by atoms with Crippen LogP contribution < -0.4 is 9.75 Å². The molecule has 1 fully saturated rings. The largest absolute Gasteiger partial charge is 0.490 e. The van der Waals surface area contributed by atoms with Crippen LogP contribution >= 0.6 is 0 Å². The number of piperidine rings is 1. The number of carboxylic acid groups (broad SMARTS) is 1. The number of carboxylic acids is 1. The summed E-state index contributed by atoms with van der Waals surface area (Å²) in [4.78, 5) is 25.1. The summed E-state index contributed by atoms with van der Waals surface area (Å²) < 4.78 is 51.4. The zero-order chi connectivity index (χ0) is 25.3. The number of halogens is 3. The van der Waals surface area contributed by atoms with Crippen LogP contribution in [0.25, 0.3) is 0 Å². The molecule has 1 saturated heterocycles. The lowest BCUT2D eigenvalue weighted by Gasteiger charge is -2.33. The molecule has 1 amide bonds. The van der Waals surface area contributed by atoms with E-state index in [0.717, 1.165) is 5.01 Å². The maximum Gasteiger partial charge on any atom is 0.431 e. The second-order valence-electron chi connectivity index (χ2n) is 9.56. The molecule has 3 rings (SSSR count). The molecular weight excluding hydrogens is 455 g/mol. The number of hydrogen-bond donors (Lipinski definition) is 1. The number of carbonyl (C=O) groups is 2. The third-order valence-corrected chi connectivity index (χ3v) is 5.71. The maximum atomic E-state index is 13.3. The zero-order valence-corrected chi connectivity index (χ0v) is 19.6. The predicted molar refractivity (Wildman–Crippen MR) is 119 cm³/mol. The van der Waals surface area contributed by atoms with Gasteiger partial charge in [0.15, 0.2) is 0 Å². The van der Waals surface area contributed by atoms with E-state index in [1.54, 1.807) is 29.2 Å². The van der Waals surface area contributed by atoms with Gasteiger partial charge in [-0.05, 0) is 45.0 Å². The van der Waals surface area contributed by atoms with Crippen molar-refractivity contribution in [3.8, 4) is 5.75 Å². The summed E-state index contributed by atoms with van der Waals surface area (Å²) in [5.74, 6) is -1.75. The Hall–Kier alpha value is -2.98. The number of benzene rings is 1. The minimum absolute atomic E-state index is 0.119. The Labute approximate surface area is 196 Å². The summed E-state index contributed by atoms with van der Waals surface area (Å²) in [5, 5.41) is 14.0. The molecular formula is C23H30F3N3O5. The van der Waals surface area contributed by atoms with Gasteiger partial charge in [0.25, 0.3) is 0 Å². The average Bonchev–Trinajstić information content (AvgIpc) is 3.04. The van der Waals surface area contributed by atoms with Gasteiger partial charge in [-0.3, -0.25) is 9.80 Å². The summed E-state index contributed by atoms with van der Waals surface area (Å²) in [6.07, 6.45) is -4.36. The maximum absolute atomic E-state index is 13.3. The van der Waals surface area contributed by atoms with E-state index in [0.29, 0.717) is 37.4 Å². The monoisotopic (exact) mass is 485 g/mol. The van der Waals surface area contributed by atoms with Crippen molar-refractivity contribution in [1.29, 1.82) is 0 Å². The second-order valence-corrected chi connectivity index (χ2v) is 9.56. The highest BCUT2D eigenvalue weighted by Crippen LogP contribution is 2.37. The van der Waals surface area contributed by atoms with Gasteiger partial charge in [-0.15, -0.1) is 0 Å². The van der Waals surface area contributed by atoms with Crippen molar-refractivity contribution in [2.24, 2.45) is 11.0 Å². The highest BCUT2D eigenvalue weighted by molar-refractivity contribution is 5.95. The standard InChI is InChI=1S/C23H30F3N3O5/c1-14-18(13-19(30)31)29(27-20(14)23(24,25)26)15-5-7-16(8-6-15)33-17-9-11-28(12-10-17)21(32)34-22(2,3)4/h5-8,14,17-18H,9-13H2,1-4H3,(H,30,31)/t14-,18-/m0/s1. The molecule has 2 aliphatic heterocycles. The topological polar surface area (TPSA) is 91.7 Å². The number of nitrogens with zero attached hydrogens (tertiary/aromatic N) is 3. The van der Waals surface area contributed by atoms with E-state index in [9.17, 15) is 22.8 Å². The molecule has 2 atom stereocenters. The molecule has 0 bridgehead atoms. The summed E-state index contributed by atoms with van der Waals surface area (Å²) in [6, 6.07) is 5.43. The fraction of sp³-hybridized carbons (Fsp3) is 0.609. The molecule has 1 N–H and O–H groups in total. The Balaban J connectivity index is 1.63. The molecule has 0 aromatic heterocycles. The van der Waals surface area contributed by atoms with Crippen LogP contribution in [0.4, 0.5) is 23.7 Å². The van der Waals surface area contributed by atoms with E-state index < -0.39 is 41.8 Å². The minimum atomic E-state index is -4.64. The Morgan fingerprint density at radius 3 is 2.21 bits per heavy atom. The number of hydrazone groups is 1. The third-order valence-electron chi connectivity index (χ3n) is 5.71. The number of alkyl halides is 3. The number of carbonyl (C=O) groups excluding carboxylic acids is 1. The summed E-state index contributed by atoms with van der Waals surface area (Å²) in [5.41, 5.74) is -1.20. The van der Waals surface area contributed by atoms with Gasteiger partial charge in [0.2, 0.25) is 0 Å². The normalized spacial score (nSPS) is 21.9. The minimum Gasteiger partial charge on any atom is -0.490 e. The van der Waals surface area contributed by atoms with Crippen LogP contribution in [0, 0.1) is 5.92 Å². The number of anilines is 1. The smallest absolute Gasteiger partial charge is 0.431 e. The molecule has 188 valence electrons. The van der Waals surface area contributed by atoms with E-state index in [4.69, 9.17) is 14.6 Å². The van der Waals surface area contributed by atoms with E-state index in [1.807, 2.05) is 20.8 Å². The Morgan fingerprint density at radius 1 is 1.12 bits per heavy atom. The first-order valence-electron chi connectivity index (χ1n) is 11.2. The molecule has 1 aromatic carbocycles. The van der Waals surface area contributed by atoms with Crippen LogP contribution in [0.1, 0.15) is 47.0 Å². The second kappa shape index (κ2) is 9.71. The van der Waals surface area contributed by atoms with Crippen molar-refractivity contribution in [1.82, 2.24) is 4.90 Å². The molecule has 1 aromatic rings. The van der Waals surface area contributed by atoms with Crippen molar-refractivity contribution in [3.05, 3.63) is 24.3 Å². The zero-order valence-electron chi connectivity index (χ0n) is 19.6. The Morgan fingerprint density at radius 2 is 1.71 bits per heavy atom. The van der Waals surface area contributed by atoms with Gasteiger partial charge in [-0.2, -0.15) is 18.3 Å². The number of ether oxygens (including phenoxy) is 2. The molecule has 0 saturated carbocycles. The Kier molecular flexibility index (Phi) is 7.32. The van der Waals surface area contributed by atoms with Crippen LogP contribution in [0.2, 0.25) is 0 Å². The van der Waals surface area contributed by atoms with Gasteiger partial charge in [-0.25, -0.2) is 4.79 Å². The van der Waals surface area contributed by atoms with Gasteiger partial charge < -0.3 is 19.5 Å². The van der Waals surface area contributed by atoms with Gasteiger partial charge >= 0.3 is 18.2 Å². The number of likely N-dealkylation sites (tertiary alicyclic amines) is 1. The predicted octanol–water partition coefficient (Wildman–Crippen LogP) is 4.68. The molecule has 2 aliphatic rings. The number of aliphatic carboxylic acids is 1. The first kappa shape index (κ1) is 25.6. The van der Waals surface area contributed by atoms with Crippen LogP contribution in [0.3, 0.4) is 0 Å². The first-order chi connectivity index (χ1) is 15.7. The van der Waals surface area contributed by atoms with Gasteiger partial charge in [0.05, 0.1) is 18.2 Å². The number of rotatable bonds is 5. The van der Waals surface area contributed by atoms with Crippen molar-refractivity contribution < 1.29 is 37.3 Å². The van der Waals surface area contributed by atoms with Gasteiger partial charge in [-0.1, -0.05) is 6.92 Å². The first-order valence-corrected chi connectivity index (χ1v) is 11.2. The van der Waals surface area contributed by atoms with Gasteiger partial charge in [0.1, 0.15) is 23.2 Å². The molecule has 34 heavy (non-hydrogen) atoms. The molecule has 0 unspecified atom stereocenters. The van der Waals surface area contributed by atoms with Crippen molar-refractivity contribution in [2.75, 3.05) is 18.1 Å². The number of hydrogen-bond acceptors (Lipinski definition) is 6. The van der Waals surface area contributed by atoms with Crippen molar-refractivity contribution in [3.63, 3.8) is 0 Å². The quantitative estimate of drug-likeness (QED) is 0.651. The highest BCUT2D eigenvalue weighted by atomic mass is 19.4. The molecule has 11 heteroatoms. The Bertz CT molecular complexity index is 919. The molecule has 0 spiro atoms. The highest BCUT2D eigenvalue weighted by Gasteiger charge is 2.48. The van der Waals surface area contributed by atoms with E-state index in [-0.39, 0.29) is 12.2 Å². The van der Waals surface area contributed by atoms with E-state index >= 15 is 0 Å². The van der Waals surface area contributed by atoms with Crippen LogP contribution in [0.15, 0.2) is 29.4 Å². The molecule has 2 heterocycles. The average molecular weight is 486 g/mol. The SMILES string of the molecule is C[C@@H]1C(C(F)(F)F)=NN(c2ccc(OC3CCN(C(=O)OC(C)(C)C)CC3)cc2)[C@H]1CC(=O)O. The fourth-order valence-corrected chi connectivity index (χ4v) is 4.03. The lowest BCUT2D eigenvalue weighted by Crippen LogP contribution is -2.44.